The van der Waals surface area contributed by atoms with Crippen molar-refractivity contribution >= 4 is 0 Å². The van der Waals surface area contributed by atoms with Gasteiger partial charge in [0.2, 0.25) is 0 Å². The minimum atomic E-state index is -4.31. The first-order valence-corrected chi connectivity index (χ1v) is 6.60. The largest absolute Gasteiger partial charge is 0.416 e. The smallest absolute Gasteiger partial charge is 0.307 e. The van der Waals surface area contributed by atoms with Crippen LogP contribution < -0.4 is 5.32 Å². The molecule has 1 aliphatic heterocycles. The fraction of sp³-hybridized carbons (Fsp3) is 0.600. The lowest BCUT2D eigenvalue weighted by molar-refractivity contribution is -0.139. The van der Waals surface area contributed by atoms with Crippen LogP contribution in [0.15, 0.2) is 24.3 Å². The molecule has 1 N–H and O–H groups in total. The monoisotopic (exact) mass is 271 g/mol. The molecule has 0 spiro atoms. The van der Waals surface area contributed by atoms with Crippen LogP contribution >= 0.6 is 0 Å². The molecule has 1 heterocycles. The lowest BCUT2D eigenvalue weighted by Crippen LogP contribution is -2.49. The highest BCUT2D eigenvalue weighted by Gasteiger charge is 2.49. The fourth-order valence-electron chi connectivity index (χ4n) is 3.12. The van der Waals surface area contributed by atoms with Gasteiger partial charge >= 0.3 is 6.18 Å². The SMILES string of the molecule is CC(C)(C)C1(c2ccccc2C(F)(F)F)CCCN1. The van der Waals surface area contributed by atoms with Crippen molar-refractivity contribution in [2.24, 2.45) is 5.41 Å². The third-order valence-electron chi connectivity index (χ3n) is 4.13. The zero-order chi connectivity index (χ0) is 14.3. The Morgan fingerprint density at radius 2 is 1.74 bits per heavy atom. The van der Waals surface area contributed by atoms with Crippen molar-refractivity contribution in [3.63, 3.8) is 0 Å². The van der Waals surface area contributed by atoms with Gasteiger partial charge in [0.25, 0.3) is 0 Å². The van der Waals surface area contributed by atoms with Gasteiger partial charge in [-0.25, -0.2) is 0 Å². The Morgan fingerprint density at radius 3 is 2.21 bits per heavy atom. The van der Waals surface area contributed by atoms with E-state index in [9.17, 15) is 13.2 Å². The second-order valence-corrected chi connectivity index (χ2v) is 6.23. The van der Waals surface area contributed by atoms with Gasteiger partial charge < -0.3 is 5.32 Å². The Balaban J connectivity index is 2.62. The van der Waals surface area contributed by atoms with Crippen molar-refractivity contribution in [2.45, 2.75) is 45.3 Å². The van der Waals surface area contributed by atoms with Crippen molar-refractivity contribution < 1.29 is 13.2 Å². The predicted octanol–water partition coefficient (Wildman–Crippen LogP) is 4.33. The summed E-state index contributed by atoms with van der Waals surface area (Å²) in [5, 5.41) is 3.34. The maximum Gasteiger partial charge on any atom is 0.416 e. The van der Waals surface area contributed by atoms with Gasteiger partial charge in [-0.3, -0.25) is 0 Å². The van der Waals surface area contributed by atoms with Crippen molar-refractivity contribution in [3.8, 4) is 0 Å². The van der Waals surface area contributed by atoms with Gasteiger partial charge in [0.15, 0.2) is 0 Å². The van der Waals surface area contributed by atoms with Crippen LogP contribution in [0.3, 0.4) is 0 Å². The summed E-state index contributed by atoms with van der Waals surface area (Å²) in [5.41, 5.74) is -1.00. The van der Waals surface area contributed by atoms with E-state index in [1.54, 1.807) is 12.1 Å². The predicted molar refractivity (Wildman–Crippen MR) is 69.8 cm³/mol. The van der Waals surface area contributed by atoms with Crippen molar-refractivity contribution in [1.82, 2.24) is 5.32 Å². The van der Waals surface area contributed by atoms with E-state index in [-0.39, 0.29) is 5.41 Å². The van der Waals surface area contributed by atoms with Gasteiger partial charge in [-0.1, -0.05) is 39.0 Å². The van der Waals surface area contributed by atoms with Crippen molar-refractivity contribution in [2.75, 3.05) is 6.54 Å². The second-order valence-electron chi connectivity index (χ2n) is 6.23. The first-order chi connectivity index (χ1) is 8.68. The number of hydrogen-bond acceptors (Lipinski definition) is 1. The van der Waals surface area contributed by atoms with Crippen LogP contribution in [0, 0.1) is 5.41 Å². The van der Waals surface area contributed by atoms with Crippen LogP contribution in [0.5, 0.6) is 0 Å². The van der Waals surface area contributed by atoms with Crippen LogP contribution in [0.4, 0.5) is 13.2 Å². The zero-order valence-corrected chi connectivity index (χ0v) is 11.6. The summed E-state index contributed by atoms with van der Waals surface area (Å²) in [7, 11) is 0. The molecule has 0 saturated carbocycles. The van der Waals surface area contributed by atoms with E-state index in [1.165, 1.54) is 12.1 Å². The van der Waals surface area contributed by atoms with Gasteiger partial charge in [0.1, 0.15) is 0 Å². The molecule has 1 nitrogen and oxygen atoms in total. The van der Waals surface area contributed by atoms with Gasteiger partial charge in [0.05, 0.1) is 5.56 Å². The van der Waals surface area contributed by atoms with Crippen LogP contribution in [0.2, 0.25) is 0 Å². The Bertz CT molecular complexity index is 451. The van der Waals surface area contributed by atoms with Crippen molar-refractivity contribution in [1.29, 1.82) is 0 Å². The number of alkyl halides is 3. The standard InChI is InChI=1S/C15H20F3N/c1-13(2,3)14(9-6-10-19-14)11-7-4-5-8-12(11)15(16,17)18/h4-5,7-8,19H,6,9-10H2,1-3H3. The topological polar surface area (TPSA) is 12.0 Å². The Hall–Kier alpha value is -1.03. The van der Waals surface area contributed by atoms with E-state index in [0.717, 1.165) is 19.4 Å². The van der Waals surface area contributed by atoms with E-state index in [0.29, 0.717) is 5.56 Å². The normalized spacial score (nSPS) is 24.7. The minimum Gasteiger partial charge on any atom is -0.307 e. The molecule has 1 fully saturated rings. The lowest BCUT2D eigenvalue weighted by atomic mass is 9.67. The lowest BCUT2D eigenvalue weighted by Gasteiger charge is -2.44. The van der Waals surface area contributed by atoms with Crippen LogP contribution in [-0.2, 0) is 11.7 Å². The molecule has 1 aromatic rings. The number of benzene rings is 1. The first-order valence-electron chi connectivity index (χ1n) is 6.60. The summed E-state index contributed by atoms with van der Waals surface area (Å²) in [6, 6.07) is 5.95. The molecule has 1 saturated heterocycles. The summed E-state index contributed by atoms with van der Waals surface area (Å²) in [6.07, 6.45) is -2.66. The number of nitrogens with one attached hydrogen (secondary N) is 1. The minimum absolute atomic E-state index is 0.273. The summed E-state index contributed by atoms with van der Waals surface area (Å²) in [4.78, 5) is 0. The summed E-state index contributed by atoms with van der Waals surface area (Å²) in [5.74, 6) is 0. The Morgan fingerprint density at radius 1 is 1.11 bits per heavy atom. The van der Waals surface area contributed by atoms with Gasteiger partial charge in [0, 0.05) is 5.54 Å². The van der Waals surface area contributed by atoms with E-state index in [2.05, 4.69) is 5.32 Å². The van der Waals surface area contributed by atoms with Crippen LogP contribution in [-0.4, -0.2) is 6.54 Å². The molecule has 19 heavy (non-hydrogen) atoms. The second kappa shape index (κ2) is 4.51. The fourth-order valence-corrected chi connectivity index (χ4v) is 3.12. The van der Waals surface area contributed by atoms with Crippen LogP contribution in [0.1, 0.15) is 44.7 Å². The van der Waals surface area contributed by atoms with E-state index in [4.69, 9.17) is 0 Å². The maximum atomic E-state index is 13.2. The molecular weight excluding hydrogens is 251 g/mol. The molecule has 0 radical (unpaired) electrons. The molecule has 0 bridgehead atoms. The molecule has 1 unspecified atom stereocenters. The highest BCUT2D eigenvalue weighted by Crippen LogP contribution is 2.49. The molecule has 0 aliphatic carbocycles. The van der Waals surface area contributed by atoms with Gasteiger partial charge in [-0.2, -0.15) is 13.2 Å². The highest BCUT2D eigenvalue weighted by molar-refractivity contribution is 5.38. The van der Waals surface area contributed by atoms with E-state index < -0.39 is 17.3 Å². The Kier molecular flexibility index (Phi) is 3.42. The quantitative estimate of drug-likeness (QED) is 0.801. The molecule has 4 heteroatoms. The molecule has 2 rings (SSSR count). The maximum absolute atomic E-state index is 13.2. The summed E-state index contributed by atoms with van der Waals surface area (Å²) >= 11 is 0. The molecule has 106 valence electrons. The average Bonchev–Trinajstić information content (AvgIpc) is 2.77. The average molecular weight is 271 g/mol. The highest BCUT2D eigenvalue weighted by atomic mass is 19.4. The molecule has 1 aliphatic rings. The molecule has 1 atom stereocenters. The third-order valence-corrected chi connectivity index (χ3v) is 4.13. The van der Waals surface area contributed by atoms with Crippen LogP contribution in [0.25, 0.3) is 0 Å². The molecule has 0 amide bonds. The molecular formula is C15H20F3N. The number of rotatable bonds is 1. The molecule has 0 aromatic heterocycles. The van der Waals surface area contributed by atoms with E-state index >= 15 is 0 Å². The molecule has 1 aromatic carbocycles. The summed E-state index contributed by atoms with van der Waals surface area (Å²) in [6.45, 7) is 6.76. The van der Waals surface area contributed by atoms with Gasteiger partial charge in [-0.05, 0) is 36.4 Å². The van der Waals surface area contributed by atoms with Crippen molar-refractivity contribution in [3.05, 3.63) is 35.4 Å². The summed E-state index contributed by atoms with van der Waals surface area (Å²) < 4.78 is 39.7. The Labute approximate surface area is 112 Å². The zero-order valence-electron chi connectivity index (χ0n) is 11.6. The third kappa shape index (κ3) is 2.38. The number of hydrogen-bond donors (Lipinski definition) is 1. The first kappa shape index (κ1) is 14.4. The van der Waals surface area contributed by atoms with E-state index in [1.807, 2.05) is 20.8 Å². The number of halogens is 3. The van der Waals surface area contributed by atoms with Gasteiger partial charge in [-0.15, -0.1) is 0 Å².